The maximum atomic E-state index is 12.1. The second-order valence-electron chi connectivity index (χ2n) is 5.10. The number of anilines is 1. The Kier molecular flexibility index (Phi) is 3.93. The van der Waals surface area contributed by atoms with E-state index in [1.807, 2.05) is 27.7 Å². The minimum Gasteiger partial charge on any atom is -0.391 e. The Morgan fingerprint density at radius 1 is 1.41 bits per heavy atom. The molecule has 0 radical (unpaired) electrons. The van der Waals surface area contributed by atoms with Gasteiger partial charge in [-0.1, -0.05) is 0 Å². The van der Waals surface area contributed by atoms with Crippen LogP contribution in [0.25, 0.3) is 0 Å². The van der Waals surface area contributed by atoms with Crippen molar-refractivity contribution in [1.29, 1.82) is 0 Å². The molecule has 5 nitrogen and oxygen atoms in total. The van der Waals surface area contributed by atoms with E-state index in [1.165, 1.54) is 0 Å². The van der Waals surface area contributed by atoms with E-state index in [1.54, 1.807) is 23.9 Å². The number of aromatic nitrogens is 2. The second-order valence-corrected chi connectivity index (χ2v) is 5.10. The van der Waals surface area contributed by atoms with Crippen LogP contribution in [-0.2, 0) is 0 Å². The zero-order valence-corrected chi connectivity index (χ0v) is 11.1. The van der Waals surface area contributed by atoms with Gasteiger partial charge < -0.3 is 15.0 Å². The summed E-state index contributed by atoms with van der Waals surface area (Å²) in [7, 11) is 0. The van der Waals surface area contributed by atoms with E-state index >= 15 is 0 Å². The lowest BCUT2D eigenvalue weighted by molar-refractivity contribution is 0.133. The molecule has 2 N–H and O–H groups in total. The molecule has 1 rings (SSSR count). The molecule has 0 saturated carbocycles. The standard InChI is InChI=1S/C12H21N3O2/c1-8(2)15-7-6-13-10(11(15)17)14-12(4,5)9(3)16/h6-9,16H,1-5H3,(H,13,14). The fourth-order valence-electron chi connectivity index (χ4n) is 1.33. The topological polar surface area (TPSA) is 67.2 Å². The van der Waals surface area contributed by atoms with Gasteiger partial charge in [-0.15, -0.1) is 0 Å². The lowest BCUT2D eigenvalue weighted by atomic mass is 9.99. The van der Waals surface area contributed by atoms with Crippen molar-refractivity contribution in [2.45, 2.75) is 52.3 Å². The molecule has 1 aromatic heterocycles. The van der Waals surface area contributed by atoms with Gasteiger partial charge in [-0.3, -0.25) is 4.79 Å². The zero-order chi connectivity index (χ0) is 13.2. The summed E-state index contributed by atoms with van der Waals surface area (Å²) in [5.74, 6) is 0.270. The largest absolute Gasteiger partial charge is 0.391 e. The van der Waals surface area contributed by atoms with E-state index in [-0.39, 0.29) is 17.4 Å². The first-order valence-electron chi connectivity index (χ1n) is 5.79. The molecule has 0 aliphatic heterocycles. The Labute approximate surface area is 102 Å². The minimum absolute atomic E-state index is 0.0840. The van der Waals surface area contributed by atoms with Gasteiger partial charge in [-0.2, -0.15) is 0 Å². The summed E-state index contributed by atoms with van der Waals surface area (Å²) in [6.45, 7) is 9.20. The summed E-state index contributed by atoms with van der Waals surface area (Å²) in [5.41, 5.74) is -0.765. The van der Waals surface area contributed by atoms with Crippen LogP contribution < -0.4 is 10.9 Å². The van der Waals surface area contributed by atoms with Crippen molar-refractivity contribution >= 4 is 5.82 Å². The van der Waals surface area contributed by atoms with Gasteiger partial charge in [0.05, 0.1) is 11.6 Å². The van der Waals surface area contributed by atoms with Crippen LogP contribution in [0, 0.1) is 0 Å². The predicted molar refractivity (Wildman–Crippen MR) is 68.3 cm³/mol. The maximum absolute atomic E-state index is 12.1. The summed E-state index contributed by atoms with van der Waals surface area (Å²) >= 11 is 0. The fourth-order valence-corrected chi connectivity index (χ4v) is 1.33. The maximum Gasteiger partial charge on any atom is 0.293 e. The molecule has 96 valence electrons. The molecule has 0 amide bonds. The highest BCUT2D eigenvalue weighted by Crippen LogP contribution is 2.14. The highest BCUT2D eigenvalue weighted by Gasteiger charge is 2.25. The number of aliphatic hydroxyl groups excluding tert-OH is 1. The van der Waals surface area contributed by atoms with Crippen LogP contribution in [0.4, 0.5) is 5.82 Å². The van der Waals surface area contributed by atoms with E-state index in [2.05, 4.69) is 10.3 Å². The quantitative estimate of drug-likeness (QED) is 0.833. The number of rotatable bonds is 4. The summed E-state index contributed by atoms with van der Waals surface area (Å²) in [6, 6.07) is 0.0840. The van der Waals surface area contributed by atoms with E-state index in [9.17, 15) is 9.90 Å². The normalized spacial score (nSPS) is 13.8. The van der Waals surface area contributed by atoms with Gasteiger partial charge in [0.2, 0.25) is 0 Å². The number of aliphatic hydroxyl groups is 1. The molecule has 0 bridgehead atoms. The average Bonchev–Trinajstić information content (AvgIpc) is 2.20. The summed E-state index contributed by atoms with van der Waals surface area (Å²) in [4.78, 5) is 16.1. The number of hydrogen-bond acceptors (Lipinski definition) is 4. The molecule has 0 fully saturated rings. The van der Waals surface area contributed by atoms with Crippen LogP contribution in [0.15, 0.2) is 17.2 Å². The molecule has 0 aliphatic rings. The Balaban J connectivity index is 3.09. The average molecular weight is 239 g/mol. The van der Waals surface area contributed by atoms with E-state index < -0.39 is 11.6 Å². The highest BCUT2D eigenvalue weighted by atomic mass is 16.3. The van der Waals surface area contributed by atoms with Crippen LogP contribution in [0.2, 0.25) is 0 Å². The monoisotopic (exact) mass is 239 g/mol. The van der Waals surface area contributed by atoms with Gasteiger partial charge in [0.25, 0.3) is 5.56 Å². The molecule has 0 aromatic carbocycles. The molecule has 1 unspecified atom stereocenters. The van der Waals surface area contributed by atoms with Crippen LogP contribution in [0.3, 0.4) is 0 Å². The van der Waals surface area contributed by atoms with E-state index in [4.69, 9.17) is 0 Å². The van der Waals surface area contributed by atoms with Gasteiger partial charge >= 0.3 is 0 Å². The molecule has 17 heavy (non-hydrogen) atoms. The summed E-state index contributed by atoms with van der Waals surface area (Å²) in [5, 5.41) is 12.6. The zero-order valence-electron chi connectivity index (χ0n) is 11.1. The molecule has 1 heterocycles. The molecule has 0 saturated heterocycles. The number of nitrogens with one attached hydrogen (secondary N) is 1. The van der Waals surface area contributed by atoms with Crippen LogP contribution in [-0.4, -0.2) is 26.3 Å². The Hall–Kier alpha value is -1.36. The molecular formula is C12H21N3O2. The first kappa shape index (κ1) is 13.7. The van der Waals surface area contributed by atoms with Crippen molar-refractivity contribution in [3.05, 3.63) is 22.7 Å². The third kappa shape index (κ3) is 3.06. The lowest BCUT2D eigenvalue weighted by Crippen LogP contribution is -2.44. The van der Waals surface area contributed by atoms with Crippen LogP contribution in [0.5, 0.6) is 0 Å². The van der Waals surface area contributed by atoms with Gasteiger partial charge in [0, 0.05) is 18.4 Å². The molecule has 1 atom stereocenters. The molecule has 1 aromatic rings. The van der Waals surface area contributed by atoms with Gasteiger partial charge in [0.15, 0.2) is 5.82 Å². The Bertz CT molecular complexity index is 436. The Morgan fingerprint density at radius 2 is 2.00 bits per heavy atom. The lowest BCUT2D eigenvalue weighted by Gasteiger charge is -2.29. The van der Waals surface area contributed by atoms with Gasteiger partial charge in [-0.25, -0.2) is 4.98 Å². The van der Waals surface area contributed by atoms with Gasteiger partial charge in [-0.05, 0) is 34.6 Å². The molecule has 5 heteroatoms. The van der Waals surface area contributed by atoms with Crippen molar-refractivity contribution < 1.29 is 5.11 Å². The first-order chi connectivity index (χ1) is 7.75. The third-order valence-corrected chi connectivity index (χ3v) is 2.91. The summed E-state index contributed by atoms with van der Waals surface area (Å²) < 4.78 is 1.60. The van der Waals surface area contributed by atoms with Crippen LogP contribution in [0.1, 0.15) is 40.7 Å². The van der Waals surface area contributed by atoms with Crippen molar-refractivity contribution in [2.75, 3.05) is 5.32 Å². The van der Waals surface area contributed by atoms with Crippen molar-refractivity contribution in [3.63, 3.8) is 0 Å². The summed E-state index contributed by atoms with van der Waals surface area (Å²) in [6.07, 6.45) is 2.66. The molecular weight excluding hydrogens is 218 g/mol. The molecule has 0 spiro atoms. The van der Waals surface area contributed by atoms with Gasteiger partial charge in [0.1, 0.15) is 0 Å². The number of hydrogen-bond donors (Lipinski definition) is 2. The molecule has 0 aliphatic carbocycles. The SMILES string of the molecule is CC(C)n1ccnc(NC(C)(C)C(C)O)c1=O. The third-order valence-electron chi connectivity index (χ3n) is 2.91. The van der Waals surface area contributed by atoms with Crippen molar-refractivity contribution in [1.82, 2.24) is 9.55 Å². The van der Waals surface area contributed by atoms with Crippen molar-refractivity contribution in [2.24, 2.45) is 0 Å². The smallest absolute Gasteiger partial charge is 0.293 e. The first-order valence-corrected chi connectivity index (χ1v) is 5.79. The minimum atomic E-state index is -0.595. The number of nitrogens with zero attached hydrogens (tertiary/aromatic N) is 2. The van der Waals surface area contributed by atoms with E-state index in [0.29, 0.717) is 0 Å². The van der Waals surface area contributed by atoms with Crippen LogP contribution >= 0.6 is 0 Å². The fraction of sp³-hybridized carbons (Fsp3) is 0.667. The van der Waals surface area contributed by atoms with E-state index in [0.717, 1.165) is 0 Å². The second kappa shape index (κ2) is 4.87. The van der Waals surface area contributed by atoms with Crippen molar-refractivity contribution in [3.8, 4) is 0 Å². The highest BCUT2D eigenvalue weighted by molar-refractivity contribution is 5.35. The predicted octanol–water partition coefficient (Wildman–Crippen LogP) is 1.40. The Morgan fingerprint density at radius 3 is 2.47 bits per heavy atom.